The Morgan fingerprint density at radius 1 is 0.750 bits per heavy atom. The minimum Gasteiger partial charge on any atom is -0.416 e. The van der Waals surface area contributed by atoms with Gasteiger partial charge in [-0.3, -0.25) is 0 Å². The van der Waals surface area contributed by atoms with E-state index in [4.69, 9.17) is 12.7 Å². The van der Waals surface area contributed by atoms with Crippen LogP contribution in [0, 0.1) is 0 Å². The van der Waals surface area contributed by atoms with Gasteiger partial charge in [0.1, 0.15) is 0 Å². The van der Waals surface area contributed by atoms with Gasteiger partial charge in [-0.25, -0.2) is 0 Å². The molecule has 16 heavy (non-hydrogen) atoms. The zero-order valence-electron chi connectivity index (χ0n) is 12.1. The van der Waals surface area contributed by atoms with Crippen LogP contribution >= 0.6 is 0 Å². The second-order valence-corrected chi connectivity index (χ2v) is 18.3. The molecule has 0 aliphatic heterocycles. The third kappa shape index (κ3) is 6.97. The Balaban J connectivity index is 4.85. The van der Waals surface area contributed by atoms with Crippen molar-refractivity contribution in [2.45, 2.75) is 59.2 Å². The van der Waals surface area contributed by atoms with Gasteiger partial charge in [-0.05, 0) is 46.2 Å². The minimum absolute atomic E-state index is 0.676. The van der Waals surface area contributed by atoms with Gasteiger partial charge in [0.2, 0.25) is 0 Å². The Kier molecular flexibility index (Phi) is 6.12. The van der Waals surface area contributed by atoms with Crippen LogP contribution in [0.15, 0.2) is 0 Å². The van der Waals surface area contributed by atoms with Crippen LogP contribution in [0.25, 0.3) is 0 Å². The molecule has 0 spiro atoms. The molecule has 0 saturated heterocycles. The molecule has 0 aromatic rings. The zero-order chi connectivity index (χ0) is 13.0. The van der Waals surface area contributed by atoms with Crippen molar-refractivity contribution < 1.29 is 12.7 Å². The molecule has 0 unspecified atom stereocenters. The van der Waals surface area contributed by atoms with Crippen LogP contribution in [0.5, 0.6) is 0 Å². The molecule has 0 bridgehead atoms. The van der Waals surface area contributed by atoms with E-state index in [9.17, 15) is 0 Å². The first-order valence-corrected chi connectivity index (χ1v) is 14.8. The Morgan fingerprint density at radius 3 is 1.31 bits per heavy atom. The van der Waals surface area contributed by atoms with Crippen LogP contribution < -0.4 is 0 Å². The fourth-order valence-electron chi connectivity index (χ4n) is 1.48. The van der Waals surface area contributed by atoms with E-state index in [1.807, 2.05) is 6.92 Å². The summed E-state index contributed by atoms with van der Waals surface area (Å²) in [4.78, 5) is 0. The molecule has 0 heterocycles. The SMILES string of the molecule is CCO[Si](CC)(O[Si](C)(C)C)O[Si](C)(C)C. The second-order valence-electron chi connectivity index (χ2n) is 5.90. The predicted octanol–water partition coefficient (Wildman–Crippen LogP) is 3.68. The first-order valence-electron chi connectivity index (χ1n) is 6.08. The Labute approximate surface area is 104 Å². The fraction of sp³-hybridized carbons (Fsp3) is 1.00. The predicted molar refractivity (Wildman–Crippen MR) is 76.7 cm³/mol. The van der Waals surface area contributed by atoms with E-state index >= 15 is 0 Å². The topological polar surface area (TPSA) is 27.7 Å². The molecule has 0 atom stereocenters. The molecule has 98 valence electrons. The van der Waals surface area contributed by atoms with E-state index in [1.165, 1.54) is 0 Å². The summed E-state index contributed by atoms with van der Waals surface area (Å²) in [5, 5.41) is 0. The van der Waals surface area contributed by atoms with Gasteiger partial charge < -0.3 is 12.7 Å². The maximum atomic E-state index is 6.26. The van der Waals surface area contributed by atoms with Gasteiger partial charge in [0, 0.05) is 12.7 Å². The summed E-state index contributed by atoms with van der Waals surface area (Å²) in [5.41, 5.74) is 0. The van der Waals surface area contributed by atoms with E-state index in [-0.39, 0.29) is 0 Å². The molecule has 0 aromatic carbocycles. The van der Waals surface area contributed by atoms with Gasteiger partial charge in [0.05, 0.1) is 0 Å². The maximum Gasteiger partial charge on any atom is 0.479 e. The van der Waals surface area contributed by atoms with E-state index in [0.717, 1.165) is 6.04 Å². The Morgan fingerprint density at radius 2 is 1.12 bits per heavy atom. The second kappa shape index (κ2) is 5.92. The van der Waals surface area contributed by atoms with Crippen LogP contribution in [-0.2, 0) is 12.7 Å². The largest absolute Gasteiger partial charge is 0.479 e. The van der Waals surface area contributed by atoms with Crippen molar-refractivity contribution in [1.29, 1.82) is 0 Å². The van der Waals surface area contributed by atoms with Crippen molar-refractivity contribution in [3.05, 3.63) is 0 Å². The summed E-state index contributed by atoms with van der Waals surface area (Å²) in [6.07, 6.45) is 0. The summed E-state index contributed by atoms with van der Waals surface area (Å²) in [6, 6.07) is 0.870. The molecule has 0 radical (unpaired) electrons. The molecule has 0 aliphatic rings. The molecule has 0 fully saturated rings. The first kappa shape index (κ1) is 16.5. The van der Waals surface area contributed by atoms with E-state index < -0.39 is 25.4 Å². The Hall–Kier alpha value is 0.531. The van der Waals surface area contributed by atoms with Gasteiger partial charge in [-0.1, -0.05) is 6.92 Å². The van der Waals surface area contributed by atoms with E-state index in [2.05, 4.69) is 46.2 Å². The molecule has 6 heteroatoms. The summed E-state index contributed by atoms with van der Waals surface area (Å²) in [5.74, 6) is 0. The maximum absolute atomic E-state index is 6.26. The lowest BCUT2D eigenvalue weighted by Crippen LogP contribution is -2.56. The van der Waals surface area contributed by atoms with Crippen molar-refractivity contribution in [2.24, 2.45) is 0 Å². The molecular weight excluding hydrogens is 252 g/mol. The van der Waals surface area contributed by atoms with Crippen LogP contribution in [0.4, 0.5) is 0 Å². The highest BCUT2D eigenvalue weighted by molar-refractivity contribution is 6.85. The van der Waals surface area contributed by atoms with Gasteiger partial charge in [-0.15, -0.1) is 0 Å². The number of rotatable bonds is 7. The van der Waals surface area contributed by atoms with E-state index in [1.54, 1.807) is 0 Å². The van der Waals surface area contributed by atoms with Crippen molar-refractivity contribution in [3.8, 4) is 0 Å². The summed E-state index contributed by atoms with van der Waals surface area (Å²) >= 11 is 0. The third-order valence-corrected chi connectivity index (χ3v) is 10.7. The molecular formula is C10H28O3Si3. The first-order chi connectivity index (χ1) is 7.04. The summed E-state index contributed by atoms with van der Waals surface area (Å²) < 4.78 is 18.4. The third-order valence-electron chi connectivity index (χ3n) is 1.72. The monoisotopic (exact) mass is 280 g/mol. The molecule has 0 N–H and O–H groups in total. The normalized spacial score (nSPS) is 14.2. The Bertz CT molecular complexity index is 192. The molecule has 0 saturated carbocycles. The van der Waals surface area contributed by atoms with Gasteiger partial charge in [0.25, 0.3) is 0 Å². The van der Waals surface area contributed by atoms with Gasteiger partial charge in [-0.2, -0.15) is 0 Å². The van der Waals surface area contributed by atoms with Gasteiger partial charge >= 0.3 is 8.80 Å². The van der Waals surface area contributed by atoms with E-state index in [0.29, 0.717) is 6.61 Å². The lowest BCUT2D eigenvalue weighted by atomic mass is 10.9. The molecule has 0 aromatic heterocycles. The number of hydrogen-bond acceptors (Lipinski definition) is 3. The minimum atomic E-state index is -2.42. The van der Waals surface area contributed by atoms with Crippen LogP contribution in [0.1, 0.15) is 13.8 Å². The number of hydrogen-bond donors (Lipinski definition) is 0. The zero-order valence-corrected chi connectivity index (χ0v) is 15.1. The van der Waals surface area contributed by atoms with Gasteiger partial charge in [0.15, 0.2) is 16.6 Å². The summed E-state index contributed by atoms with van der Waals surface area (Å²) in [7, 11) is -5.65. The standard InChI is InChI=1S/C10H28O3Si3/c1-9-11-16(10-2,12-14(3,4)5)13-15(6,7)8/h9-10H2,1-8H3. The highest BCUT2D eigenvalue weighted by Crippen LogP contribution is 2.24. The van der Waals surface area contributed by atoms with Crippen LogP contribution in [0.3, 0.4) is 0 Å². The van der Waals surface area contributed by atoms with Crippen molar-refractivity contribution >= 4 is 25.4 Å². The molecule has 0 aliphatic carbocycles. The van der Waals surface area contributed by atoms with Crippen molar-refractivity contribution in [2.75, 3.05) is 6.61 Å². The quantitative estimate of drug-likeness (QED) is 0.666. The van der Waals surface area contributed by atoms with Crippen molar-refractivity contribution in [1.82, 2.24) is 0 Å². The fourth-order valence-corrected chi connectivity index (χ4v) is 11.8. The highest BCUT2D eigenvalue weighted by Gasteiger charge is 2.45. The molecule has 3 nitrogen and oxygen atoms in total. The van der Waals surface area contributed by atoms with Crippen LogP contribution in [-0.4, -0.2) is 32.0 Å². The average Bonchev–Trinajstić information content (AvgIpc) is 1.98. The van der Waals surface area contributed by atoms with Crippen LogP contribution in [0.2, 0.25) is 45.3 Å². The lowest BCUT2D eigenvalue weighted by molar-refractivity contribution is 0.170. The lowest BCUT2D eigenvalue weighted by Gasteiger charge is -2.38. The van der Waals surface area contributed by atoms with Crippen molar-refractivity contribution in [3.63, 3.8) is 0 Å². The molecule has 0 rings (SSSR count). The molecule has 0 amide bonds. The average molecular weight is 281 g/mol. The summed E-state index contributed by atoms with van der Waals surface area (Å²) in [6.45, 7) is 18.0. The smallest absolute Gasteiger partial charge is 0.416 e. The highest BCUT2D eigenvalue weighted by atomic mass is 28.5.